The molecule has 1 heterocycles. The molecule has 1 aromatic heterocycles. The molecule has 0 N–H and O–H groups in total. The first-order valence-electron chi connectivity index (χ1n) is 16.3. The number of aromatic nitrogens is 1. The van der Waals surface area contributed by atoms with Crippen molar-refractivity contribution < 1.29 is 20.1 Å². The predicted molar refractivity (Wildman–Crippen MR) is 201 cm³/mol. The SMILES string of the molecule is [Ir].[c-]1ccc(-c2c(-c3ccccc3)c(-c3ccccc3)c(-c3ccccc3)c(-c3ccccc3)c2-c2ccccc2)cc1-c1ccccn1. The Balaban J connectivity index is 0.00000378. The van der Waals surface area contributed by atoms with Crippen LogP contribution in [0.5, 0.6) is 0 Å². The fraction of sp³-hybridized carbons (Fsp3) is 0. The predicted octanol–water partition coefficient (Wildman–Crippen LogP) is 12.5. The number of hydrogen-bond acceptors (Lipinski definition) is 1. The summed E-state index contributed by atoms with van der Waals surface area (Å²) in [5.74, 6) is 0. The molecule has 1 nitrogen and oxygen atoms in total. The van der Waals surface area contributed by atoms with Crippen LogP contribution in [0.25, 0.3) is 78.0 Å². The molecule has 1 radical (unpaired) electrons. The molecule has 0 amide bonds. The van der Waals surface area contributed by atoms with Gasteiger partial charge in [-0.15, -0.1) is 29.8 Å². The van der Waals surface area contributed by atoms with Gasteiger partial charge >= 0.3 is 0 Å². The van der Waals surface area contributed by atoms with Crippen molar-refractivity contribution in [2.24, 2.45) is 0 Å². The standard InChI is InChI=1S/C47H32N.Ir/c1-6-19-34(20-7-1)42-43(35-21-8-2-9-22-35)45(37-25-12-4-13-26-37)47(40-30-18-29-39(33-40)41-31-16-17-32-48-41)46(38-27-14-5-15-28-38)44(42)36-23-10-3-11-24-36;/h1-28,30-33H;/q-1;. The van der Waals surface area contributed by atoms with Gasteiger partial charge in [0.05, 0.1) is 0 Å². The van der Waals surface area contributed by atoms with Crippen molar-refractivity contribution in [1.82, 2.24) is 4.98 Å². The van der Waals surface area contributed by atoms with E-state index in [0.29, 0.717) is 0 Å². The van der Waals surface area contributed by atoms with E-state index in [1.54, 1.807) is 0 Å². The van der Waals surface area contributed by atoms with E-state index < -0.39 is 0 Å². The first-order chi connectivity index (χ1) is 23.9. The average Bonchev–Trinajstić information content (AvgIpc) is 3.19. The van der Waals surface area contributed by atoms with Crippen LogP contribution in [0, 0.1) is 6.07 Å². The zero-order chi connectivity index (χ0) is 32.1. The summed E-state index contributed by atoms with van der Waals surface area (Å²) < 4.78 is 0. The summed E-state index contributed by atoms with van der Waals surface area (Å²) in [7, 11) is 0. The van der Waals surface area contributed by atoms with E-state index in [2.05, 4.69) is 176 Å². The second-order valence-electron chi connectivity index (χ2n) is 11.8. The van der Waals surface area contributed by atoms with Crippen molar-refractivity contribution in [3.8, 4) is 78.0 Å². The van der Waals surface area contributed by atoms with Gasteiger partial charge in [0.1, 0.15) is 0 Å². The van der Waals surface area contributed by atoms with Crippen LogP contribution in [-0.4, -0.2) is 4.98 Å². The van der Waals surface area contributed by atoms with E-state index >= 15 is 0 Å². The smallest absolute Gasteiger partial charge is 0.0160 e. The summed E-state index contributed by atoms with van der Waals surface area (Å²) in [6.45, 7) is 0. The third-order valence-electron chi connectivity index (χ3n) is 8.84. The molecule has 8 aromatic rings. The fourth-order valence-corrected chi connectivity index (χ4v) is 6.80. The summed E-state index contributed by atoms with van der Waals surface area (Å²) in [5, 5.41) is 0. The Morgan fingerprint density at radius 2 is 0.653 bits per heavy atom. The van der Waals surface area contributed by atoms with Crippen LogP contribution in [-0.2, 0) is 20.1 Å². The molecule has 0 saturated heterocycles. The third-order valence-corrected chi connectivity index (χ3v) is 8.84. The number of pyridine rings is 1. The molecule has 7 aromatic carbocycles. The molecule has 0 bridgehead atoms. The molecule has 0 spiro atoms. The molecule has 0 unspecified atom stereocenters. The minimum absolute atomic E-state index is 0. The van der Waals surface area contributed by atoms with Gasteiger partial charge in [0.25, 0.3) is 0 Å². The van der Waals surface area contributed by atoms with Gasteiger partial charge in [-0.2, -0.15) is 0 Å². The van der Waals surface area contributed by atoms with Crippen LogP contribution in [0.2, 0.25) is 0 Å². The van der Waals surface area contributed by atoms with Crippen LogP contribution in [0.4, 0.5) is 0 Å². The Morgan fingerprint density at radius 3 is 0.980 bits per heavy atom. The van der Waals surface area contributed by atoms with Crippen molar-refractivity contribution in [1.29, 1.82) is 0 Å². The zero-order valence-corrected chi connectivity index (χ0v) is 29.2. The Labute approximate surface area is 302 Å². The second-order valence-corrected chi connectivity index (χ2v) is 11.8. The maximum atomic E-state index is 4.70. The van der Waals surface area contributed by atoms with Gasteiger partial charge in [-0.1, -0.05) is 169 Å². The largest absolute Gasteiger partial charge is 0.305 e. The van der Waals surface area contributed by atoms with Crippen molar-refractivity contribution in [3.05, 3.63) is 200 Å². The van der Waals surface area contributed by atoms with Crippen LogP contribution < -0.4 is 0 Å². The van der Waals surface area contributed by atoms with Gasteiger partial charge in [-0.3, -0.25) is 0 Å². The molecule has 0 aliphatic rings. The van der Waals surface area contributed by atoms with E-state index in [1.165, 1.54) is 50.1 Å². The van der Waals surface area contributed by atoms with Gasteiger partial charge in [0, 0.05) is 26.3 Å². The molecule has 8 rings (SSSR count). The normalized spacial score (nSPS) is 10.7. The minimum atomic E-state index is 0. The quantitative estimate of drug-likeness (QED) is 0.146. The summed E-state index contributed by atoms with van der Waals surface area (Å²) in [4.78, 5) is 4.70. The molecule has 235 valence electrons. The van der Waals surface area contributed by atoms with Crippen LogP contribution in [0.1, 0.15) is 0 Å². The monoisotopic (exact) mass is 803 g/mol. The number of nitrogens with zero attached hydrogens (tertiary/aromatic N) is 1. The topological polar surface area (TPSA) is 12.9 Å². The van der Waals surface area contributed by atoms with E-state index in [-0.39, 0.29) is 20.1 Å². The van der Waals surface area contributed by atoms with Crippen molar-refractivity contribution in [3.63, 3.8) is 0 Å². The first kappa shape index (κ1) is 31.9. The molecule has 0 saturated carbocycles. The third kappa shape index (κ3) is 6.33. The average molecular weight is 803 g/mol. The van der Waals surface area contributed by atoms with Gasteiger partial charge in [0.2, 0.25) is 0 Å². The maximum Gasteiger partial charge on any atom is 0.0160 e. The van der Waals surface area contributed by atoms with Crippen molar-refractivity contribution in [2.45, 2.75) is 0 Å². The number of hydrogen-bond donors (Lipinski definition) is 0. The van der Waals surface area contributed by atoms with E-state index in [4.69, 9.17) is 4.98 Å². The van der Waals surface area contributed by atoms with E-state index in [0.717, 1.165) is 27.9 Å². The number of benzene rings is 7. The molecular weight excluding hydrogens is 771 g/mol. The van der Waals surface area contributed by atoms with Crippen LogP contribution in [0.15, 0.2) is 194 Å². The molecular formula is C47H32IrN-. The van der Waals surface area contributed by atoms with Crippen LogP contribution >= 0.6 is 0 Å². The van der Waals surface area contributed by atoms with Gasteiger partial charge in [-0.05, 0) is 73.0 Å². The summed E-state index contributed by atoms with van der Waals surface area (Å²) >= 11 is 0. The Bertz CT molecular complexity index is 2180. The summed E-state index contributed by atoms with van der Waals surface area (Å²) in [6.07, 6.45) is 1.84. The summed E-state index contributed by atoms with van der Waals surface area (Å²) in [6, 6.07) is 70.3. The van der Waals surface area contributed by atoms with Crippen LogP contribution in [0.3, 0.4) is 0 Å². The van der Waals surface area contributed by atoms with Gasteiger partial charge < -0.3 is 4.98 Å². The molecule has 49 heavy (non-hydrogen) atoms. The number of rotatable bonds is 7. The Hall–Kier alpha value is -5.66. The molecule has 2 heteroatoms. The molecule has 0 aliphatic carbocycles. The maximum absolute atomic E-state index is 4.70. The fourth-order valence-electron chi connectivity index (χ4n) is 6.80. The summed E-state index contributed by atoms with van der Waals surface area (Å²) in [5.41, 5.74) is 16.0. The van der Waals surface area contributed by atoms with Crippen molar-refractivity contribution >= 4 is 0 Å². The molecule has 0 atom stereocenters. The molecule has 0 fully saturated rings. The minimum Gasteiger partial charge on any atom is -0.305 e. The Kier molecular flexibility index (Phi) is 9.52. The van der Waals surface area contributed by atoms with Gasteiger partial charge in [-0.25, -0.2) is 0 Å². The first-order valence-corrected chi connectivity index (χ1v) is 16.3. The van der Waals surface area contributed by atoms with Gasteiger partial charge in [0.15, 0.2) is 0 Å². The Morgan fingerprint density at radius 1 is 0.327 bits per heavy atom. The van der Waals surface area contributed by atoms with E-state index in [9.17, 15) is 0 Å². The zero-order valence-electron chi connectivity index (χ0n) is 26.8. The molecule has 0 aliphatic heterocycles. The van der Waals surface area contributed by atoms with Crippen molar-refractivity contribution in [2.75, 3.05) is 0 Å². The van der Waals surface area contributed by atoms with E-state index in [1.807, 2.05) is 24.4 Å². The second kappa shape index (κ2) is 14.6.